The number of nitrogens with zero attached hydrogens (tertiary/aromatic N) is 1. The van der Waals surface area contributed by atoms with Crippen LogP contribution in [0.3, 0.4) is 0 Å². The Morgan fingerprint density at radius 2 is 1.75 bits per heavy atom. The molecule has 1 aromatic carbocycles. The number of hydrogen-bond acceptors (Lipinski definition) is 3. The van der Waals surface area contributed by atoms with Crippen molar-refractivity contribution in [2.75, 3.05) is 18.0 Å². The average molecular weight is 325 g/mol. The molecule has 2 aromatic rings. The summed E-state index contributed by atoms with van der Waals surface area (Å²) in [6.45, 7) is 2.49. The van der Waals surface area contributed by atoms with Crippen LogP contribution in [0.1, 0.15) is 41.7 Å². The van der Waals surface area contributed by atoms with E-state index in [0.29, 0.717) is 17.8 Å². The number of anilines is 1. The maximum atomic E-state index is 12.2. The average Bonchev–Trinajstić information content (AvgIpc) is 2.89. The summed E-state index contributed by atoms with van der Waals surface area (Å²) in [6, 6.07) is 10.7. The number of aromatic amines is 1. The van der Waals surface area contributed by atoms with E-state index < -0.39 is 0 Å². The zero-order chi connectivity index (χ0) is 16.8. The van der Waals surface area contributed by atoms with E-state index in [9.17, 15) is 9.59 Å². The van der Waals surface area contributed by atoms with Crippen molar-refractivity contribution in [3.05, 3.63) is 64.1 Å². The molecule has 0 radical (unpaired) electrons. The van der Waals surface area contributed by atoms with Gasteiger partial charge in [0.05, 0.1) is 6.54 Å². The molecule has 1 fully saturated rings. The molecule has 5 heteroatoms. The molecule has 0 atom stereocenters. The number of hydrogen-bond donors (Lipinski definition) is 2. The van der Waals surface area contributed by atoms with Crippen molar-refractivity contribution in [1.29, 1.82) is 0 Å². The smallest absolute Gasteiger partial charge is 0.251 e. The van der Waals surface area contributed by atoms with Gasteiger partial charge in [0.15, 0.2) is 5.43 Å². The predicted octanol–water partition coefficient (Wildman–Crippen LogP) is 2.69. The van der Waals surface area contributed by atoms with E-state index in [1.807, 2.05) is 24.3 Å². The summed E-state index contributed by atoms with van der Waals surface area (Å²) in [4.78, 5) is 28.9. The van der Waals surface area contributed by atoms with Gasteiger partial charge in [-0.15, -0.1) is 0 Å². The Morgan fingerprint density at radius 3 is 2.42 bits per heavy atom. The van der Waals surface area contributed by atoms with E-state index in [1.54, 1.807) is 6.20 Å². The summed E-state index contributed by atoms with van der Waals surface area (Å²) >= 11 is 0. The highest BCUT2D eigenvalue weighted by atomic mass is 16.1. The number of pyridine rings is 1. The Morgan fingerprint density at radius 1 is 1.04 bits per heavy atom. The molecule has 1 amide bonds. The van der Waals surface area contributed by atoms with Crippen molar-refractivity contribution >= 4 is 11.6 Å². The summed E-state index contributed by atoms with van der Waals surface area (Å²) in [5, 5.41) is 2.83. The van der Waals surface area contributed by atoms with Crippen molar-refractivity contribution in [2.24, 2.45) is 0 Å². The standard InChI is InChI=1S/C19H23N3O2/c23-18-9-10-20-16(13-18)14-21-19(24)15-5-7-17(8-6-15)22-11-3-1-2-4-12-22/h5-10,13H,1-4,11-12,14H2,(H,20,23)(H,21,24). The molecule has 1 aromatic heterocycles. The van der Waals surface area contributed by atoms with Crippen LogP contribution in [0.2, 0.25) is 0 Å². The lowest BCUT2D eigenvalue weighted by atomic mass is 10.1. The van der Waals surface area contributed by atoms with Crippen molar-refractivity contribution in [3.63, 3.8) is 0 Å². The highest BCUT2D eigenvalue weighted by Gasteiger charge is 2.11. The first-order chi connectivity index (χ1) is 11.7. The van der Waals surface area contributed by atoms with E-state index in [0.717, 1.165) is 13.1 Å². The highest BCUT2D eigenvalue weighted by molar-refractivity contribution is 5.94. The number of aromatic nitrogens is 1. The molecular formula is C19H23N3O2. The zero-order valence-electron chi connectivity index (χ0n) is 13.8. The van der Waals surface area contributed by atoms with Gasteiger partial charge >= 0.3 is 0 Å². The van der Waals surface area contributed by atoms with Crippen LogP contribution in [0.4, 0.5) is 5.69 Å². The topological polar surface area (TPSA) is 65.2 Å². The Labute approximate surface area is 141 Å². The molecule has 1 aliphatic heterocycles. The van der Waals surface area contributed by atoms with E-state index in [4.69, 9.17) is 0 Å². The molecule has 126 valence electrons. The lowest BCUT2D eigenvalue weighted by molar-refractivity contribution is 0.0950. The fraction of sp³-hybridized carbons (Fsp3) is 0.368. The van der Waals surface area contributed by atoms with Crippen LogP contribution < -0.4 is 15.6 Å². The van der Waals surface area contributed by atoms with Crippen LogP contribution in [-0.2, 0) is 6.54 Å². The van der Waals surface area contributed by atoms with Gasteiger partial charge in [-0.25, -0.2) is 0 Å². The summed E-state index contributed by atoms with van der Waals surface area (Å²) < 4.78 is 0. The molecule has 0 spiro atoms. The Bertz CT molecular complexity index is 729. The number of rotatable bonds is 4. The van der Waals surface area contributed by atoms with E-state index >= 15 is 0 Å². The number of carbonyl (C=O) groups excluding carboxylic acids is 1. The van der Waals surface area contributed by atoms with Crippen molar-refractivity contribution in [3.8, 4) is 0 Å². The fourth-order valence-corrected chi connectivity index (χ4v) is 3.02. The molecule has 3 rings (SSSR count). The molecule has 0 aliphatic carbocycles. The first-order valence-electron chi connectivity index (χ1n) is 8.53. The molecule has 2 N–H and O–H groups in total. The third-order valence-electron chi connectivity index (χ3n) is 4.37. The zero-order valence-corrected chi connectivity index (χ0v) is 13.8. The maximum Gasteiger partial charge on any atom is 0.251 e. The number of benzene rings is 1. The molecular weight excluding hydrogens is 302 g/mol. The Balaban J connectivity index is 1.60. The van der Waals surface area contributed by atoms with E-state index in [2.05, 4.69) is 15.2 Å². The van der Waals surface area contributed by atoms with Gasteiger partial charge in [-0.05, 0) is 37.1 Å². The molecule has 0 bridgehead atoms. The third kappa shape index (κ3) is 4.25. The minimum absolute atomic E-state index is 0.0696. The van der Waals surface area contributed by atoms with Gasteiger partial charge in [0.1, 0.15) is 0 Å². The Kier molecular flexibility index (Phi) is 5.31. The van der Waals surface area contributed by atoms with Crippen LogP contribution in [0.25, 0.3) is 0 Å². The number of nitrogens with one attached hydrogen (secondary N) is 2. The summed E-state index contributed by atoms with van der Waals surface area (Å²) in [6.07, 6.45) is 6.66. The molecule has 1 saturated heterocycles. The van der Waals surface area contributed by atoms with Crippen LogP contribution in [0, 0.1) is 0 Å². The Hall–Kier alpha value is -2.56. The third-order valence-corrected chi connectivity index (χ3v) is 4.37. The van der Waals surface area contributed by atoms with Crippen LogP contribution >= 0.6 is 0 Å². The molecule has 24 heavy (non-hydrogen) atoms. The van der Waals surface area contributed by atoms with Gasteiger partial charge < -0.3 is 15.2 Å². The lowest BCUT2D eigenvalue weighted by Gasteiger charge is -2.22. The van der Waals surface area contributed by atoms with Gasteiger partial charge in [-0.2, -0.15) is 0 Å². The molecule has 1 aliphatic rings. The van der Waals surface area contributed by atoms with Crippen LogP contribution in [0.5, 0.6) is 0 Å². The first kappa shape index (κ1) is 16.3. The normalized spacial score (nSPS) is 14.9. The van der Waals surface area contributed by atoms with Gasteiger partial charge in [0.2, 0.25) is 0 Å². The molecule has 2 heterocycles. The maximum absolute atomic E-state index is 12.2. The summed E-state index contributed by atoms with van der Waals surface area (Å²) in [5.74, 6) is -0.137. The van der Waals surface area contributed by atoms with Crippen molar-refractivity contribution < 1.29 is 4.79 Å². The highest BCUT2D eigenvalue weighted by Crippen LogP contribution is 2.20. The van der Waals surface area contributed by atoms with Crippen molar-refractivity contribution in [2.45, 2.75) is 32.2 Å². The lowest BCUT2D eigenvalue weighted by Crippen LogP contribution is -2.25. The molecule has 5 nitrogen and oxygen atoms in total. The second-order valence-corrected chi connectivity index (χ2v) is 6.18. The minimum atomic E-state index is -0.137. The number of amides is 1. The second kappa shape index (κ2) is 7.81. The second-order valence-electron chi connectivity index (χ2n) is 6.18. The minimum Gasteiger partial charge on any atom is -0.372 e. The summed E-state index contributed by atoms with van der Waals surface area (Å²) in [7, 11) is 0. The van der Waals surface area contributed by atoms with Crippen LogP contribution in [-0.4, -0.2) is 24.0 Å². The van der Waals surface area contributed by atoms with Gasteiger partial charge in [0.25, 0.3) is 5.91 Å². The van der Waals surface area contributed by atoms with E-state index in [-0.39, 0.29) is 11.3 Å². The van der Waals surface area contributed by atoms with E-state index in [1.165, 1.54) is 43.5 Å². The number of H-pyrrole nitrogens is 1. The predicted molar refractivity (Wildman–Crippen MR) is 95.4 cm³/mol. The fourth-order valence-electron chi connectivity index (χ4n) is 3.02. The molecule has 0 unspecified atom stereocenters. The van der Waals surface area contributed by atoms with Crippen LogP contribution in [0.15, 0.2) is 47.4 Å². The molecule has 0 saturated carbocycles. The SMILES string of the molecule is O=C(NCc1cc(=O)cc[nH]1)c1ccc(N2CCCCCC2)cc1. The summed E-state index contributed by atoms with van der Waals surface area (Å²) in [5.41, 5.74) is 2.43. The van der Waals surface area contributed by atoms with Gasteiger partial charge in [-0.3, -0.25) is 9.59 Å². The number of carbonyl (C=O) groups is 1. The van der Waals surface area contributed by atoms with Gasteiger partial charge in [-0.1, -0.05) is 12.8 Å². The van der Waals surface area contributed by atoms with Crippen molar-refractivity contribution in [1.82, 2.24) is 10.3 Å². The quantitative estimate of drug-likeness (QED) is 0.908. The first-order valence-corrected chi connectivity index (χ1v) is 8.53. The monoisotopic (exact) mass is 325 g/mol. The van der Waals surface area contributed by atoms with Gasteiger partial charge in [0, 0.05) is 48.4 Å². The largest absolute Gasteiger partial charge is 0.372 e.